The first-order valence-electron chi connectivity index (χ1n) is 7.68. The second kappa shape index (κ2) is 9.76. The van der Waals surface area contributed by atoms with Crippen molar-refractivity contribution in [1.82, 2.24) is 10.2 Å². The standard InChI is InChI=1S/C15H32N2O/c1-4-14-6-5-7-15(9-8-14)16-10-12-18-13-11-17(2)3/h14-16H,4-13H2,1-3H3. The number of nitrogens with one attached hydrogen (secondary N) is 1. The number of ether oxygens (including phenoxy) is 1. The molecule has 1 fully saturated rings. The van der Waals surface area contributed by atoms with Gasteiger partial charge in [0.2, 0.25) is 0 Å². The van der Waals surface area contributed by atoms with Gasteiger partial charge in [0.05, 0.1) is 13.2 Å². The summed E-state index contributed by atoms with van der Waals surface area (Å²) in [6.45, 7) is 6.05. The van der Waals surface area contributed by atoms with Crippen molar-refractivity contribution in [2.45, 2.75) is 51.5 Å². The first-order valence-corrected chi connectivity index (χ1v) is 7.68. The molecule has 0 amide bonds. The van der Waals surface area contributed by atoms with E-state index >= 15 is 0 Å². The highest BCUT2D eigenvalue weighted by Gasteiger charge is 2.16. The van der Waals surface area contributed by atoms with Crippen LogP contribution >= 0.6 is 0 Å². The van der Waals surface area contributed by atoms with Crippen molar-refractivity contribution >= 4 is 0 Å². The Balaban J connectivity index is 1.98. The predicted molar refractivity (Wildman–Crippen MR) is 78.0 cm³/mol. The fourth-order valence-corrected chi connectivity index (χ4v) is 2.68. The van der Waals surface area contributed by atoms with E-state index in [1.807, 2.05) is 0 Å². The Morgan fingerprint density at radius 2 is 1.94 bits per heavy atom. The quantitative estimate of drug-likeness (QED) is 0.533. The van der Waals surface area contributed by atoms with E-state index in [-0.39, 0.29) is 0 Å². The predicted octanol–water partition coefficient (Wildman–Crippen LogP) is 2.51. The molecule has 1 N–H and O–H groups in total. The van der Waals surface area contributed by atoms with Crippen molar-refractivity contribution in [3.05, 3.63) is 0 Å². The van der Waals surface area contributed by atoms with Gasteiger partial charge in [0.1, 0.15) is 0 Å². The van der Waals surface area contributed by atoms with Gasteiger partial charge in [0.25, 0.3) is 0 Å². The van der Waals surface area contributed by atoms with Crippen molar-refractivity contribution in [2.75, 3.05) is 40.4 Å². The highest BCUT2D eigenvalue weighted by Crippen LogP contribution is 2.25. The summed E-state index contributed by atoms with van der Waals surface area (Å²) in [4.78, 5) is 2.16. The molecule has 0 aromatic rings. The van der Waals surface area contributed by atoms with Crippen LogP contribution in [0.15, 0.2) is 0 Å². The molecule has 1 aliphatic rings. The molecule has 0 spiro atoms. The van der Waals surface area contributed by atoms with Gasteiger partial charge in [-0.1, -0.05) is 26.2 Å². The van der Waals surface area contributed by atoms with Gasteiger partial charge in [-0.05, 0) is 39.3 Å². The molecule has 0 aliphatic heterocycles. The lowest BCUT2D eigenvalue weighted by molar-refractivity contribution is 0.117. The van der Waals surface area contributed by atoms with Gasteiger partial charge in [-0.2, -0.15) is 0 Å². The zero-order chi connectivity index (χ0) is 13.2. The minimum atomic E-state index is 0.735. The Labute approximate surface area is 113 Å². The van der Waals surface area contributed by atoms with Crippen molar-refractivity contribution in [2.24, 2.45) is 5.92 Å². The molecule has 0 saturated heterocycles. The minimum Gasteiger partial charge on any atom is -0.379 e. The summed E-state index contributed by atoms with van der Waals surface area (Å²) in [5.41, 5.74) is 0. The molecule has 0 aromatic heterocycles. The monoisotopic (exact) mass is 256 g/mol. The van der Waals surface area contributed by atoms with Gasteiger partial charge < -0.3 is 15.0 Å². The highest BCUT2D eigenvalue weighted by molar-refractivity contribution is 4.74. The number of likely N-dealkylation sites (N-methyl/N-ethyl adjacent to an activating group) is 1. The summed E-state index contributed by atoms with van der Waals surface area (Å²) in [5.74, 6) is 0.980. The number of hydrogen-bond acceptors (Lipinski definition) is 3. The van der Waals surface area contributed by atoms with E-state index in [1.165, 1.54) is 38.5 Å². The zero-order valence-corrected chi connectivity index (χ0v) is 12.6. The maximum absolute atomic E-state index is 5.60. The molecule has 3 heteroatoms. The summed E-state index contributed by atoms with van der Waals surface area (Å²) in [6, 6.07) is 0.735. The lowest BCUT2D eigenvalue weighted by Gasteiger charge is -2.17. The minimum absolute atomic E-state index is 0.735. The Kier molecular flexibility index (Phi) is 8.64. The fourth-order valence-electron chi connectivity index (χ4n) is 2.68. The van der Waals surface area contributed by atoms with Gasteiger partial charge in [0, 0.05) is 19.1 Å². The van der Waals surface area contributed by atoms with Crippen molar-refractivity contribution in [1.29, 1.82) is 0 Å². The van der Waals surface area contributed by atoms with Crippen LogP contribution in [-0.4, -0.2) is 51.3 Å². The topological polar surface area (TPSA) is 24.5 Å². The van der Waals surface area contributed by atoms with Gasteiger partial charge in [-0.25, -0.2) is 0 Å². The molecule has 0 radical (unpaired) electrons. The molecule has 2 unspecified atom stereocenters. The molecule has 0 aromatic carbocycles. The van der Waals surface area contributed by atoms with Gasteiger partial charge >= 0.3 is 0 Å². The Bertz CT molecular complexity index is 197. The molecule has 1 rings (SSSR count). The van der Waals surface area contributed by atoms with Crippen molar-refractivity contribution in [3.63, 3.8) is 0 Å². The van der Waals surface area contributed by atoms with E-state index in [0.29, 0.717) is 0 Å². The highest BCUT2D eigenvalue weighted by atomic mass is 16.5. The molecule has 2 atom stereocenters. The SMILES string of the molecule is CCC1CCCC(NCCOCCN(C)C)CC1. The first-order chi connectivity index (χ1) is 8.72. The third-order valence-corrected chi connectivity index (χ3v) is 4.03. The summed E-state index contributed by atoms with van der Waals surface area (Å²) < 4.78 is 5.60. The summed E-state index contributed by atoms with van der Waals surface area (Å²) in [5, 5.41) is 3.66. The van der Waals surface area contributed by atoms with Crippen molar-refractivity contribution in [3.8, 4) is 0 Å². The molecule has 0 heterocycles. The van der Waals surface area contributed by atoms with E-state index in [4.69, 9.17) is 4.74 Å². The molecule has 1 aliphatic carbocycles. The second-order valence-electron chi connectivity index (χ2n) is 5.85. The third kappa shape index (κ3) is 7.34. The summed E-state index contributed by atoms with van der Waals surface area (Å²) in [7, 11) is 4.16. The Morgan fingerprint density at radius 1 is 1.11 bits per heavy atom. The lowest BCUT2D eigenvalue weighted by Crippen LogP contribution is -2.32. The summed E-state index contributed by atoms with van der Waals surface area (Å²) in [6.07, 6.45) is 8.33. The maximum Gasteiger partial charge on any atom is 0.0593 e. The van der Waals surface area contributed by atoms with Gasteiger partial charge in [0.15, 0.2) is 0 Å². The first kappa shape index (κ1) is 15.9. The lowest BCUT2D eigenvalue weighted by atomic mass is 9.98. The number of nitrogens with zero attached hydrogens (tertiary/aromatic N) is 1. The van der Waals surface area contributed by atoms with Crippen LogP contribution < -0.4 is 5.32 Å². The smallest absolute Gasteiger partial charge is 0.0593 e. The van der Waals surface area contributed by atoms with Gasteiger partial charge in [-0.3, -0.25) is 0 Å². The van der Waals surface area contributed by atoms with Crippen LogP contribution in [0.5, 0.6) is 0 Å². The van der Waals surface area contributed by atoms with Crippen LogP contribution in [0.25, 0.3) is 0 Å². The van der Waals surface area contributed by atoms with Crippen molar-refractivity contribution < 1.29 is 4.74 Å². The maximum atomic E-state index is 5.60. The van der Waals surface area contributed by atoms with Crippen LogP contribution in [0, 0.1) is 5.92 Å². The van der Waals surface area contributed by atoms with Crippen LogP contribution in [-0.2, 0) is 4.74 Å². The van der Waals surface area contributed by atoms with Crippen LogP contribution in [0.1, 0.15) is 45.4 Å². The van der Waals surface area contributed by atoms with E-state index < -0.39 is 0 Å². The van der Waals surface area contributed by atoms with E-state index in [2.05, 4.69) is 31.2 Å². The molecular weight excluding hydrogens is 224 g/mol. The van der Waals surface area contributed by atoms with Gasteiger partial charge in [-0.15, -0.1) is 0 Å². The normalized spacial score (nSPS) is 25.3. The Morgan fingerprint density at radius 3 is 2.67 bits per heavy atom. The summed E-state index contributed by atoms with van der Waals surface area (Å²) >= 11 is 0. The number of hydrogen-bond donors (Lipinski definition) is 1. The molecule has 18 heavy (non-hydrogen) atoms. The molecular formula is C15H32N2O. The second-order valence-corrected chi connectivity index (χ2v) is 5.85. The van der Waals surface area contributed by atoms with E-state index in [0.717, 1.165) is 38.3 Å². The van der Waals surface area contributed by atoms with Crippen LogP contribution in [0.4, 0.5) is 0 Å². The zero-order valence-electron chi connectivity index (χ0n) is 12.6. The molecule has 108 valence electrons. The van der Waals surface area contributed by atoms with Crippen LogP contribution in [0.3, 0.4) is 0 Å². The van der Waals surface area contributed by atoms with Crippen LogP contribution in [0.2, 0.25) is 0 Å². The molecule has 3 nitrogen and oxygen atoms in total. The molecule has 0 bridgehead atoms. The third-order valence-electron chi connectivity index (χ3n) is 4.03. The van der Waals surface area contributed by atoms with E-state index in [1.54, 1.807) is 0 Å². The number of rotatable bonds is 8. The molecule has 1 saturated carbocycles. The fraction of sp³-hybridized carbons (Fsp3) is 1.00. The largest absolute Gasteiger partial charge is 0.379 e. The van der Waals surface area contributed by atoms with E-state index in [9.17, 15) is 0 Å². The average molecular weight is 256 g/mol. The average Bonchev–Trinajstić information content (AvgIpc) is 2.58. The Hall–Kier alpha value is -0.120.